The SMILES string of the molecule is C=O.C=O.O=C[O-].[Ru+]. The number of hydrogen-bond acceptors (Lipinski definition) is 4. The van der Waals surface area contributed by atoms with Gasteiger partial charge in [0, 0.05) is 6.47 Å². The Labute approximate surface area is 59.6 Å². The second-order valence-electron chi connectivity index (χ2n) is 0.0962. The molecule has 0 aromatic rings. The molecule has 0 N–H and O–H groups in total. The zero-order chi connectivity index (χ0) is 6.71. The minimum atomic E-state index is -0.500. The molecule has 0 aliphatic carbocycles. The molecule has 0 unspecified atom stereocenters. The van der Waals surface area contributed by atoms with Crippen molar-refractivity contribution in [1.29, 1.82) is 0 Å². The van der Waals surface area contributed by atoms with Crippen molar-refractivity contribution in [1.82, 2.24) is 0 Å². The Balaban J connectivity index is -0.0000000147. The van der Waals surface area contributed by atoms with Gasteiger partial charge in [-0.2, -0.15) is 0 Å². The third kappa shape index (κ3) is 333. The maximum atomic E-state index is 8.25. The topological polar surface area (TPSA) is 74.3 Å². The van der Waals surface area contributed by atoms with E-state index in [4.69, 9.17) is 19.5 Å². The van der Waals surface area contributed by atoms with E-state index in [0.29, 0.717) is 0 Å². The number of hydrogen-bond donors (Lipinski definition) is 0. The van der Waals surface area contributed by atoms with Gasteiger partial charge in [-0.1, -0.05) is 0 Å². The van der Waals surface area contributed by atoms with Crippen LogP contribution >= 0.6 is 0 Å². The monoisotopic (exact) mass is 207 g/mol. The summed E-state index contributed by atoms with van der Waals surface area (Å²) in [5.41, 5.74) is 0. The number of carbonyl (C=O) groups is 3. The molecular formula is C3H5O4Ru. The predicted octanol–water partition coefficient (Wildman–Crippen LogP) is -2.01. The van der Waals surface area contributed by atoms with Crippen LogP contribution in [0.4, 0.5) is 0 Å². The molecule has 0 spiro atoms. The summed E-state index contributed by atoms with van der Waals surface area (Å²) in [6.07, 6.45) is 0. The van der Waals surface area contributed by atoms with Crippen molar-refractivity contribution in [3.63, 3.8) is 0 Å². The van der Waals surface area contributed by atoms with E-state index in [9.17, 15) is 0 Å². The summed E-state index contributed by atoms with van der Waals surface area (Å²) in [7, 11) is 0. The number of rotatable bonds is 0. The molecule has 0 saturated heterocycles. The van der Waals surface area contributed by atoms with Gasteiger partial charge in [-0.3, -0.25) is 0 Å². The third-order valence-corrected chi connectivity index (χ3v) is 0. The Morgan fingerprint density at radius 1 is 1.12 bits per heavy atom. The molecule has 0 aliphatic rings. The first-order valence-electron chi connectivity index (χ1n) is 1.05. The fourth-order valence-corrected chi connectivity index (χ4v) is 0. The van der Waals surface area contributed by atoms with Crippen molar-refractivity contribution >= 4 is 20.1 Å². The van der Waals surface area contributed by atoms with Crippen LogP contribution in [0.25, 0.3) is 0 Å². The summed E-state index contributed by atoms with van der Waals surface area (Å²) in [4.78, 5) is 24.2. The summed E-state index contributed by atoms with van der Waals surface area (Å²) in [6, 6.07) is 0. The Morgan fingerprint density at radius 2 is 1.12 bits per heavy atom. The molecular weight excluding hydrogens is 201 g/mol. The van der Waals surface area contributed by atoms with E-state index in [0.717, 1.165) is 0 Å². The largest absolute Gasteiger partial charge is 1.00 e. The molecule has 0 fully saturated rings. The molecule has 0 aromatic heterocycles. The summed E-state index contributed by atoms with van der Waals surface area (Å²) in [5.74, 6) is 0. The smallest absolute Gasteiger partial charge is 0.554 e. The summed E-state index contributed by atoms with van der Waals surface area (Å²) >= 11 is 0. The van der Waals surface area contributed by atoms with Crippen molar-refractivity contribution in [3.8, 4) is 0 Å². The van der Waals surface area contributed by atoms with Gasteiger partial charge in [0.2, 0.25) is 0 Å². The molecule has 0 aliphatic heterocycles. The first-order valence-corrected chi connectivity index (χ1v) is 1.05. The van der Waals surface area contributed by atoms with E-state index in [-0.39, 0.29) is 19.5 Å². The average molecular weight is 206 g/mol. The van der Waals surface area contributed by atoms with Crippen molar-refractivity contribution in [2.24, 2.45) is 0 Å². The van der Waals surface area contributed by atoms with Crippen LogP contribution in [-0.4, -0.2) is 20.1 Å². The molecule has 0 rings (SSSR count). The molecule has 4 nitrogen and oxygen atoms in total. The molecule has 0 aromatic carbocycles. The maximum absolute atomic E-state index is 8.25. The quantitative estimate of drug-likeness (QED) is 0.339. The van der Waals surface area contributed by atoms with Crippen LogP contribution in [0, 0.1) is 0 Å². The van der Waals surface area contributed by atoms with Crippen LogP contribution in [0.1, 0.15) is 0 Å². The fraction of sp³-hybridized carbons (Fsp3) is 0. The summed E-state index contributed by atoms with van der Waals surface area (Å²) < 4.78 is 0. The molecule has 0 saturated carbocycles. The molecule has 0 bridgehead atoms. The fourth-order valence-electron chi connectivity index (χ4n) is 0. The van der Waals surface area contributed by atoms with E-state index in [2.05, 4.69) is 0 Å². The van der Waals surface area contributed by atoms with Gasteiger partial charge < -0.3 is 19.5 Å². The Morgan fingerprint density at radius 3 is 1.12 bits per heavy atom. The van der Waals surface area contributed by atoms with Crippen molar-refractivity contribution in [2.75, 3.05) is 0 Å². The Hall–Kier alpha value is -0.567. The van der Waals surface area contributed by atoms with Crippen LogP contribution < -0.4 is 5.11 Å². The second-order valence-corrected chi connectivity index (χ2v) is 0.0962. The van der Waals surface area contributed by atoms with Gasteiger partial charge in [-0.15, -0.1) is 0 Å². The van der Waals surface area contributed by atoms with Gasteiger partial charge in [-0.05, 0) is 0 Å². The van der Waals surface area contributed by atoms with Gasteiger partial charge in [0.15, 0.2) is 0 Å². The molecule has 0 amide bonds. The van der Waals surface area contributed by atoms with Gasteiger partial charge >= 0.3 is 19.5 Å². The zero-order valence-corrected chi connectivity index (χ0v) is 5.72. The van der Waals surface area contributed by atoms with Crippen LogP contribution in [0.5, 0.6) is 0 Å². The molecule has 0 heterocycles. The standard InChI is InChI=1S/CH2O2.2CH2O.Ru/c2-1-3;2*1-2;/h1H,(H,2,3);2*1H2;/q;;;+1/p-1. The normalized spacial score (nSPS) is 2.50. The van der Waals surface area contributed by atoms with Gasteiger partial charge in [0.1, 0.15) is 13.6 Å². The van der Waals surface area contributed by atoms with Crippen LogP contribution in [-0.2, 0) is 33.9 Å². The molecule has 5 heteroatoms. The average Bonchev–Trinajstić information content (AvgIpc) is 1.78. The van der Waals surface area contributed by atoms with E-state index in [1.54, 1.807) is 0 Å². The number of carbonyl (C=O) groups excluding carboxylic acids is 3. The molecule has 8 heavy (non-hydrogen) atoms. The molecule has 49 valence electrons. The van der Waals surface area contributed by atoms with Crippen molar-refractivity contribution in [2.45, 2.75) is 0 Å². The zero-order valence-electron chi connectivity index (χ0n) is 3.98. The van der Waals surface area contributed by atoms with E-state index in [1.807, 2.05) is 13.6 Å². The van der Waals surface area contributed by atoms with E-state index in [1.165, 1.54) is 0 Å². The third-order valence-electron chi connectivity index (χ3n) is 0. The van der Waals surface area contributed by atoms with Gasteiger partial charge in [-0.25, -0.2) is 0 Å². The van der Waals surface area contributed by atoms with Crippen molar-refractivity contribution in [3.05, 3.63) is 0 Å². The Bertz CT molecular complexity index is 30.5. The second kappa shape index (κ2) is 1010. The summed E-state index contributed by atoms with van der Waals surface area (Å²) in [6.45, 7) is 3.50. The Kier molecular flexibility index (Phi) is 3300. The van der Waals surface area contributed by atoms with E-state index < -0.39 is 6.47 Å². The minimum Gasteiger partial charge on any atom is -0.554 e. The van der Waals surface area contributed by atoms with Crippen molar-refractivity contribution < 1.29 is 39.0 Å². The number of carboxylic acid groups (broad SMARTS) is 1. The molecule has 0 atom stereocenters. The minimum absolute atomic E-state index is 0. The molecule has 1 radical (unpaired) electrons. The summed E-state index contributed by atoms with van der Waals surface area (Å²) in [5, 5.41) is 8.25. The predicted molar refractivity (Wildman–Crippen MR) is 20.3 cm³/mol. The van der Waals surface area contributed by atoms with Gasteiger partial charge in [0.05, 0.1) is 0 Å². The van der Waals surface area contributed by atoms with E-state index >= 15 is 0 Å². The van der Waals surface area contributed by atoms with Gasteiger partial charge in [0.25, 0.3) is 0 Å². The van der Waals surface area contributed by atoms with Crippen LogP contribution in [0.3, 0.4) is 0 Å². The first-order chi connectivity index (χ1) is 3.41. The first kappa shape index (κ1) is 26.1. The van der Waals surface area contributed by atoms with Crippen LogP contribution in [0.2, 0.25) is 0 Å². The van der Waals surface area contributed by atoms with Crippen LogP contribution in [0.15, 0.2) is 0 Å². The maximum Gasteiger partial charge on any atom is 1.00 e.